The minimum absolute atomic E-state index is 0.0259. The molecule has 0 fully saturated rings. The molecule has 27 heavy (non-hydrogen) atoms. The molecule has 0 saturated heterocycles. The Kier molecular flexibility index (Phi) is 4.57. The minimum Gasteiger partial charge on any atom is -0.486 e. The zero-order valence-corrected chi connectivity index (χ0v) is 16.2. The molecule has 0 spiro atoms. The Morgan fingerprint density at radius 1 is 1.30 bits per heavy atom. The Morgan fingerprint density at radius 2 is 2.07 bits per heavy atom. The molecule has 3 aromatic rings. The molecule has 1 aliphatic heterocycles. The number of carbonyl (C=O) groups excluding carboxylic acids is 1. The summed E-state index contributed by atoms with van der Waals surface area (Å²) < 4.78 is 11.7. The number of anilines is 1. The van der Waals surface area contributed by atoms with E-state index < -0.39 is 0 Å². The lowest BCUT2D eigenvalue weighted by molar-refractivity contribution is 0.0831. The molecule has 0 saturated carbocycles. The number of hydrogen-bond donors (Lipinski definition) is 1. The number of nitrogens with one attached hydrogen (secondary N) is 1. The van der Waals surface area contributed by atoms with Crippen LogP contribution in [0.15, 0.2) is 30.6 Å². The van der Waals surface area contributed by atoms with Crippen LogP contribution in [0.25, 0.3) is 10.2 Å². The van der Waals surface area contributed by atoms with Gasteiger partial charge in [-0.3, -0.25) is 4.79 Å². The first-order valence-corrected chi connectivity index (χ1v) is 9.44. The standard InChI is InChI=1S/C19H20N4O3S/c1-11-15-17(21-10-22-18(15)27-16(11)19(24)23(2)3)20-8-12-9-25-13-6-4-5-7-14(13)26-12/h4-7,10,12H,8-9H2,1-3H3,(H,20,21,22). The van der Waals surface area contributed by atoms with E-state index in [1.165, 1.54) is 17.7 Å². The van der Waals surface area contributed by atoms with Gasteiger partial charge in [-0.05, 0) is 24.6 Å². The van der Waals surface area contributed by atoms with Gasteiger partial charge in [0.2, 0.25) is 0 Å². The molecule has 0 aliphatic carbocycles. The summed E-state index contributed by atoms with van der Waals surface area (Å²) in [7, 11) is 3.49. The van der Waals surface area contributed by atoms with Gasteiger partial charge in [0.1, 0.15) is 29.7 Å². The second kappa shape index (κ2) is 7.03. The molecule has 8 heteroatoms. The molecular formula is C19H20N4O3S. The van der Waals surface area contributed by atoms with Gasteiger partial charge in [-0.25, -0.2) is 9.97 Å². The summed E-state index contributed by atoms with van der Waals surface area (Å²) in [4.78, 5) is 24.2. The van der Waals surface area contributed by atoms with Gasteiger partial charge in [0, 0.05) is 14.1 Å². The Balaban J connectivity index is 1.55. The Morgan fingerprint density at radius 3 is 2.85 bits per heavy atom. The maximum atomic E-state index is 12.4. The molecule has 140 valence electrons. The van der Waals surface area contributed by atoms with E-state index in [4.69, 9.17) is 9.47 Å². The lowest BCUT2D eigenvalue weighted by Gasteiger charge is -2.26. The first kappa shape index (κ1) is 17.5. The summed E-state index contributed by atoms with van der Waals surface area (Å²) in [5.74, 6) is 2.18. The highest BCUT2D eigenvalue weighted by Crippen LogP contribution is 2.34. The Hall–Kier alpha value is -2.87. The van der Waals surface area contributed by atoms with Gasteiger partial charge >= 0.3 is 0 Å². The molecule has 3 heterocycles. The van der Waals surface area contributed by atoms with Gasteiger partial charge in [-0.2, -0.15) is 0 Å². The van der Waals surface area contributed by atoms with Gasteiger partial charge in [0.15, 0.2) is 11.5 Å². The van der Waals surface area contributed by atoms with E-state index in [-0.39, 0.29) is 12.0 Å². The fraction of sp³-hybridized carbons (Fsp3) is 0.316. The van der Waals surface area contributed by atoms with Crippen molar-refractivity contribution < 1.29 is 14.3 Å². The molecule has 2 aromatic heterocycles. The Bertz CT molecular complexity index is 1000. The minimum atomic E-state index is -0.133. The topological polar surface area (TPSA) is 76.6 Å². The van der Waals surface area contributed by atoms with Crippen LogP contribution in [0.5, 0.6) is 11.5 Å². The van der Waals surface area contributed by atoms with E-state index >= 15 is 0 Å². The summed E-state index contributed by atoms with van der Waals surface area (Å²) in [5.41, 5.74) is 0.892. The van der Waals surface area contributed by atoms with E-state index in [1.807, 2.05) is 31.2 Å². The number of hydrogen-bond acceptors (Lipinski definition) is 7. The third kappa shape index (κ3) is 3.28. The zero-order valence-electron chi connectivity index (χ0n) is 15.4. The predicted octanol–water partition coefficient (Wildman–Crippen LogP) is 2.95. The fourth-order valence-corrected chi connectivity index (χ4v) is 4.16. The van der Waals surface area contributed by atoms with Crippen LogP contribution in [0.2, 0.25) is 0 Å². The highest BCUT2D eigenvalue weighted by molar-refractivity contribution is 7.20. The number of fused-ring (bicyclic) bond motifs is 2. The van der Waals surface area contributed by atoms with Crippen LogP contribution in [0, 0.1) is 6.92 Å². The molecule has 1 N–H and O–H groups in total. The number of thiophene rings is 1. The highest BCUT2D eigenvalue weighted by atomic mass is 32.1. The maximum Gasteiger partial charge on any atom is 0.263 e. The van der Waals surface area contributed by atoms with Gasteiger partial charge < -0.3 is 19.7 Å². The van der Waals surface area contributed by atoms with Crippen molar-refractivity contribution in [3.05, 3.63) is 41.0 Å². The fourth-order valence-electron chi connectivity index (χ4n) is 2.99. The van der Waals surface area contributed by atoms with Crippen molar-refractivity contribution in [3.63, 3.8) is 0 Å². The zero-order chi connectivity index (χ0) is 19.0. The van der Waals surface area contributed by atoms with Gasteiger partial charge in [-0.15, -0.1) is 11.3 Å². The van der Waals surface area contributed by atoms with Crippen LogP contribution in [-0.2, 0) is 0 Å². The maximum absolute atomic E-state index is 12.4. The molecule has 1 atom stereocenters. The first-order valence-electron chi connectivity index (χ1n) is 8.62. The van der Waals surface area contributed by atoms with Gasteiger partial charge in [-0.1, -0.05) is 12.1 Å². The molecule has 1 unspecified atom stereocenters. The van der Waals surface area contributed by atoms with E-state index in [0.717, 1.165) is 27.3 Å². The normalized spacial score (nSPS) is 15.6. The Labute approximate surface area is 160 Å². The van der Waals surface area contributed by atoms with Crippen molar-refractivity contribution in [2.45, 2.75) is 13.0 Å². The third-order valence-corrected chi connectivity index (χ3v) is 5.58. The second-order valence-electron chi connectivity index (χ2n) is 6.54. The van der Waals surface area contributed by atoms with Crippen molar-refractivity contribution in [2.75, 3.05) is 32.6 Å². The third-order valence-electron chi connectivity index (χ3n) is 4.39. The number of benzene rings is 1. The molecule has 1 aliphatic rings. The summed E-state index contributed by atoms with van der Waals surface area (Å²) in [5, 5.41) is 4.22. The van der Waals surface area contributed by atoms with Crippen molar-refractivity contribution in [2.24, 2.45) is 0 Å². The lowest BCUT2D eigenvalue weighted by Crippen LogP contribution is -2.35. The van der Waals surface area contributed by atoms with Crippen molar-refractivity contribution >= 4 is 33.3 Å². The summed E-state index contributed by atoms with van der Waals surface area (Å²) in [6, 6.07) is 7.63. The monoisotopic (exact) mass is 384 g/mol. The van der Waals surface area contributed by atoms with Crippen LogP contribution in [0.1, 0.15) is 15.2 Å². The van der Waals surface area contributed by atoms with E-state index in [9.17, 15) is 4.79 Å². The number of ether oxygens (including phenoxy) is 2. The highest BCUT2D eigenvalue weighted by Gasteiger charge is 2.23. The second-order valence-corrected chi connectivity index (χ2v) is 7.54. The number of aromatic nitrogens is 2. The number of amides is 1. The first-order chi connectivity index (χ1) is 13.0. The summed E-state index contributed by atoms with van der Waals surface area (Å²) >= 11 is 1.39. The summed E-state index contributed by atoms with van der Waals surface area (Å²) in [6.45, 7) is 2.93. The average Bonchev–Trinajstić information content (AvgIpc) is 3.02. The van der Waals surface area contributed by atoms with Crippen LogP contribution < -0.4 is 14.8 Å². The largest absolute Gasteiger partial charge is 0.486 e. The van der Waals surface area contributed by atoms with Crippen molar-refractivity contribution in [1.82, 2.24) is 14.9 Å². The van der Waals surface area contributed by atoms with Crippen LogP contribution in [0.4, 0.5) is 5.82 Å². The van der Waals surface area contributed by atoms with Crippen LogP contribution in [0.3, 0.4) is 0 Å². The quantitative estimate of drug-likeness (QED) is 0.745. The molecule has 7 nitrogen and oxygen atoms in total. The van der Waals surface area contributed by atoms with Crippen molar-refractivity contribution in [3.8, 4) is 11.5 Å². The van der Waals surface area contributed by atoms with Gasteiger partial charge in [0.05, 0.1) is 16.8 Å². The van der Waals surface area contributed by atoms with Crippen molar-refractivity contribution in [1.29, 1.82) is 0 Å². The van der Waals surface area contributed by atoms with E-state index in [0.29, 0.717) is 23.8 Å². The summed E-state index contributed by atoms with van der Waals surface area (Å²) in [6.07, 6.45) is 1.38. The number of rotatable bonds is 4. The molecule has 0 bridgehead atoms. The lowest BCUT2D eigenvalue weighted by atomic mass is 10.2. The molecule has 1 aromatic carbocycles. The number of aryl methyl sites for hydroxylation is 1. The molecule has 0 radical (unpaired) electrons. The average molecular weight is 384 g/mol. The number of nitrogens with zero attached hydrogens (tertiary/aromatic N) is 3. The van der Waals surface area contributed by atoms with Crippen LogP contribution >= 0.6 is 11.3 Å². The SMILES string of the molecule is Cc1c(C(=O)N(C)C)sc2ncnc(NCC3COc4ccccc4O3)c12. The number of para-hydroxylation sites is 2. The van der Waals surface area contributed by atoms with Crippen LogP contribution in [-0.4, -0.2) is 54.1 Å². The van der Waals surface area contributed by atoms with E-state index in [2.05, 4.69) is 15.3 Å². The molecule has 4 rings (SSSR count). The van der Waals surface area contributed by atoms with Gasteiger partial charge in [0.25, 0.3) is 5.91 Å². The molecular weight excluding hydrogens is 364 g/mol. The smallest absolute Gasteiger partial charge is 0.263 e. The van der Waals surface area contributed by atoms with E-state index in [1.54, 1.807) is 19.0 Å². The predicted molar refractivity (Wildman–Crippen MR) is 105 cm³/mol. The number of carbonyl (C=O) groups is 1. The molecule has 1 amide bonds.